The van der Waals surface area contributed by atoms with Gasteiger partial charge in [-0.15, -0.1) is 0 Å². The van der Waals surface area contributed by atoms with Gasteiger partial charge in [0.05, 0.1) is 0 Å². The van der Waals surface area contributed by atoms with Crippen molar-refractivity contribution in [2.24, 2.45) is 11.3 Å². The van der Waals surface area contributed by atoms with Crippen LogP contribution >= 0.6 is 15.9 Å². The summed E-state index contributed by atoms with van der Waals surface area (Å²) in [5.41, 5.74) is -0.161. The van der Waals surface area contributed by atoms with E-state index in [0.717, 1.165) is 18.2 Å². The van der Waals surface area contributed by atoms with Crippen LogP contribution in [0.3, 0.4) is 0 Å². The van der Waals surface area contributed by atoms with Crippen LogP contribution < -0.4 is 0 Å². The van der Waals surface area contributed by atoms with Gasteiger partial charge in [0.1, 0.15) is 0 Å². The van der Waals surface area contributed by atoms with Gasteiger partial charge in [-0.1, -0.05) is 36.7 Å². The van der Waals surface area contributed by atoms with Gasteiger partial charge in [0, 0.05) is 24.7 Å². The van der Waals surface area contributed by atoms with Crippen LogP contribution in [0.5, 0.6) is 0 Å². The lowest BCUT2D eigenvalue weighted by molar-refractivity contribution is -0.152. The van der Waals surface area contributed by atoms with Gasteiger partial charge in [-0.25, -0.2) is 0 Å². The van der Waals surface area contributed by atoms with Gasteiger partial charge in [0.25, 0.3) is 0 Å². The molecule has 1 saturated heterocycles. The third-order valence-electron chi connectivity index (χ3n) is 3.31. The molecule has 1 atom stereocenters. The summed E-state index contributed by atoms with van der Waals surface area (Å²) in [7, 11) is 0. The number of halogens is 1. The second kappa shape index (κ2) is 5.98. The average Bonchev–Trinajstić information content (AvgIpc) is 2.14. The molecule has 1 fully saturated rings. The van der Waals surface area contributed by atoms with Crippen LogP contribution in [0.15, 0.2) is 0 Å². The molecule has 98 valence electrons. The summed E-state index contributed by atoms with van der Waals surface area (Å²) in [5.74, 6) is 0.541. The quantitative estimate of drug-likeness (QED) is 0.578. The molecule has 0 spiro atoms. The number of carbonyl (C=O) groups is 2. The lowest BCUT2D eigenvalue weighted by atomic mass is 9.81. The first-order valence-electron chi connectivity index (χ1n) is 6.25. The number of carbonyl (C=O) groups excluding carboxylic acids is 2. The molecule has 0 bridgehead atoms. The van der Waals surface area contributed by atoms with Crippen molar-refractivity contribution < 1.29 is 9.59 Å². The Hall–Kier alpha value is -0.380. The maximum Gasteiger partial charge on any atom is 0.229 e. The third-order valence-corrected chi connectivity index (χ3v) is 3.77. The number of imide groups is 1. The molecule has 0 radical (unpaired) electrons. The third kappa shape index (κ3) is 4.41. The van der Waals surface area contributed by atoms with Crippen LogP contribution in [0.1, 0.15) is 46.5 Å². The second-order valence-corrected chi connectivity index (χ2v) is 6.62. The highest BCUT2D eigenvalue weighted by Crippen LogP contribution is 2.31. The summed E-state index contributed by atoms with van der Waals surface area (Å²) < 4.78 is 0. The summed E-state index contributed by atoms with van der Waals surface area (Å²) in [6.45, 7) is 6.70. The van der Waals surface area contributed by atoms with Gasteiger partial charge in [0.2, 0.25) is 11.8 Å². The van der Waals surface area contributed by atoms with E-state index in [0.29, 0.717) is 25.3 Å². The zero-order chi connectivity index (χ0) is 13.1. The topological polar surface area (TPSA) is 37.4 Å². The van der Waals surface area contributed by atoms with Crippen molar-refractivity contribution in [2.45, 2.75) is 46.5 Å². The van der Waals surface area contributed by atoms with Gasteiger partial charge in [-0.05, 0) is 24.2 Å². The van der Waals surface area contributed by atoms with Crippen LogP contribution in [0, 0.1) is 11.3 Å². The van der Waals surface area contributed by atoms with E-state index >= 15 is 0 Å². The fourth-order valence-electron chi connectivity index (χ4n) is 2.14. The molecule has 1 heterocycles. The first kappa shape index (κ1) is 14.7. The van der Waals surface area contributed by atoms with Crippen LogP contribution in [0.2, 0.25) is 0 Å². The van der Waals surface area contributed by atoms with Crippen molar-refractivity contribution in [3.8, 4) is 0 Å². The maximum atomic E-state index is 11.9. The Labute approximate surface area is 112 Å². The molecule has 0 saturated carbocycles. The van der Waals surface area contributed by atoms with E-state index < -0.39 is 0 Å². The number of hydrogen-bond donors (Lipinski definition) is 0. The number of alkyl halides is 1. The molecule has 1 aliphatic heterocycles. The number of hydrogen-bond acceptors (Lipinski definition) is 2. The van der Waals surface area contributed by atoms with E-state index in [1.165, 1.54) is 4.90 Å². The van der Waals surface area contributed by atoms with Crippen molar-refractivity contribution in [1.29, 1.82) is 0 Å². The first-order valence-corrected chi connectivity index (χ1v) is 7.37. The molecule has 17 heavy (non-hydrogen) atoms. The number of amides is 2. The summed E-state index contributed by atoms with van der Waals surface area (Å²) in [6, 6.07) is 0. The fourth-order valence-corrected chi connectivity index (χ4v) is 2.92. The number of piperidine rings is 1. The van der Waals surface area contributed by atoms with E-state index in [1.807, 2.05) is 13.8 Å². The Morgan fingerprint density at radius 3 is 2.24 bits per heavy atom. The van der Waals surface area contributed by atoms with Crippen molar-refractivity contribution >= 4 is 27.7 Å². The largest absolute Gasteiger partial charge is 0.283 e. The van der Waals surface area contributed by atoms with Crippen molar-refractivity contribution in [3.05, 3.63) is 0 Å². The summed E-state index contributed by atoms with van der Waals surface area (Å²) in [4.78, 5) is 25.2. The van der Waals surface area contributed by atoms with Gasteiger partial charge < -0.3 is 0 Å². The van der Waals surface area contributed by atoms with Crippen LogP contribution in [0.25, 0.3) is 0 Å². The van der Waals surface area contributed by atoms with Crippen LogP contribution in [0.4, 0.5) is 0 Å². The number of nitrogens with zero attached hydrogens (tertiary/aromatic N) is 1. The lowest BCUT2D eigenvalue weighted by Gasteiger charge is -2.35. The lowest BCUT2D eigenvalue weighted by Crippen LogP contribution is -2.46. The maximum absolute atomic E-state index is 11.9. The summed E-state index contributed by atoms with van der Waals surface area (Å²) in [6.07, 6.45) is 2.97. The SMILES string of the molecule is CC(CCBr)CCN1C(=O)CC(C)(C)CC1=O. The predicted octanol–water partition coefficient (Wildman–Crippen LogP) is 2.97. The Morgan fingerprint density at radius 2 is 1.76 bits per heavy atom. The van der Waals surface area contributed by atoms with Crippen molar-refractivity contribution in [1.82, 2.24) is 4.90 Å². The minimum atomic E-state index is -0.161. The van der Waals surface area contributed by atoms with Crippen LogP contribution in [-0.2, 0) is 9.59 Å². The van der Waals surface area contributed by atoms with Crippen LogP contribution in [-0.4, -0.2) is 28.6 Å². The molecule has 2 amide bonds. The molecule has 1 aliphatic rings. The van der Waals surface area contributed by atoms with Gasteiger partial charge >= 0.3 is 0 Å². The smallest absolute Gasteiger partial charge is 0.229 e. The fraction of sp³-hybridized carbons (Fsp3) is 0.846. The Balaban J connectivity index is 2.49. The molecular weight excluding hydrogens is 282 g/mol. The Morgan fingerprint density at radius 1 is 1.24 bits per heavy atom. The first-order chi connectivity index (χ1) is 7.85. The van der Waals surface area contributed by atoms with E-state index in [-0.39, 0.29) is 17.2 Å². The highest BCUT2D eigenvalue weighted by molar-refractivity contribution is 9.09. The molecule has 0 aliphatic carbocycles. The zero-order valence-electron chi connectivity index (χ0n) is 11.0. The minimum Gasteiger partial charge on any atom is -0.283 e. The van der Waals surface area contributed by atoms with E-state index in [1.54, 1.807) is 0 Å². The Kier molecular flexibility index (Phi) is 5.17. The molecule has 0 N–H and O–H groups in total. The standard InChI is InChI=1S/C13H22BrNO2/c1-10(4-6-14)5-7-15-11(16)8-13(2,3)9-12(15)17/h10H,4-9H2,1-3H3. The van der Waals surface area contributed by atoms with E-state index in [4.69, 9.17) is 0 Å². The minimum absolute atomic E-state index is 0.00251. The molecule has 3 nitrogen and oxygen atoms in total. The molecule has 0 aromatic rings. The van der Waals surface area contributed by atoms with E-state index in [2.05, 4.69) is 22.9 Å². The average molecular weight is 304 g/mol. The van der Waals surface area contributed by atoms with Gasteiger partial charge in [-0.3, -0.25) is 14.5 Å². The van der Waals surface area contributed by atoms with Gasteiger partial charge in [0.15, 0.2) is 0 Å². The van der Waals surface area contributed by atoms with E-state index in [9.17, 15) is 9.59 Å². The molecule has 0 aromatic heterocycles. The Bertz CT molecular complexity index is 282. The van der Waals surface area contributed by atoms with Crippen molar-refractivity contribution in [2.75, 3.05) is 11.9 Å². The predicted molar refractivity (Wildman–Crippen MR) is 71.9 cm³/mol. The summed E-state index contributed by atoms with van der Waals surface area (Å²) in [5, 5.41) is 0.975. The molecular formula is C13H22BrNO2. The van der Waals surface area contributed by atoms with Gasteiger partial charge in [-0.2, -0.15) is 0 Å². The van der Waals surface area contributed by atoms with Crippen molar-refractivity contribution in [3.63, 3.8) is 0 Å². The number of likely N-dealkylation sites (tertiary alicyclic amines) is 1. The molecule has 0 aromatic carbocycles. The number of rotatable bonds is 5. The molecule has 1 rings (SSSR count). The zero-order valence-corrected chi connectivity index (χ0v) is 12.5. The summed E-state index contributed by atoms with van der Waals surface area (Å²) >= 11 is 3.41. The second-order valence-electron chi connectivity index (χ2n) is 5.83. The normalized spacial score (nSPS) is 21.8. The highest BCUT2D eigenvalue weighted by Gasteiger charge is 2.36. The molecule has 1 unspecified atom stereocenters. The molecule has 4 heteroatoms. The monoisotopic (exact) mass is 303 g/mol. The highest BCUT2D eigenvalue weighted by atomic mass is 79.9.